The number of carbonyl (C=O) groups excluding carboxylic acids is 2. The summed E-state index contributed by atoms with van der Waals surface area (Å²) in [6.45, 7) is 0.198. The number of halogens is 1. The maximum atomic E-state index is 13.4. The van der Waals surface area contributed by atoms with Crippen LogP contribution in [0.2, 0.25) is 5.02 Å². The topological polar surface area (TPSA) is 112 Å². The highest BCUT2D eigenvalue weighted by Gasteiger charge is 2.46. The number of hydrogen-bond donors (Lipinski definition) is 3. The van der Waals surface area contributed by atoms with Crippen LogP contribution in [0.25, 0.3) is 16.7 Å². The molecule has 1 aromatic heterocycles. The van der Waals surface area contributed by atoms with E-state index in [4.69, 9.17) is 21.1 Å². The lowest BCUT2D eigenvalue weighted by Crippen LogP contribution is -2.31. The number of nitrogens with zero attached hydrogens (tertiary/aromatic N) is 1. The van der Waals surface area contributed by atoms with Crippen molar-refractivity contribution in [1.82, 2.24) is 9.88 Å². The average molecular weight is 533 g/mol. The number of ketones is 1. The maximum absolute atomic E-state index is 13.4. The molecule has 5 rings (SSSR count). The number of rotatable bonds is 7. The predicted molar refractivity (Wildman–Crippen MR) is 144 cm³/mol. The van der Waals surface area contributed by atoms with Crippen LogP contribution in [0.5, 0.6) is 17.2 Å². The molecule has 2 heterocycles. The monoisotopic (exact) mass is 532 g/mol. The minimum absolute atomic E-state index is 0.0326. The summed E-state index contributed by atoms with van der Waals surface area (Å²) < 4.78 is 10.7. The number of amides is 1. The van der Waals surface area contributed by atoms with Crippen LogP contribution < -0.4 is 9.47 Å². The number of aliphatic hydroxyl groups is 1. The van der Waals surface area contributed by atoms with Gasteiger partial charge in [-0.3, -0.25) is 9.59 Å². The Morgan fingerprint density at radius 1 is 1.03 bits per heavy atom. The summed E-state index contributed by atoms with van der Waals surface area (Å²) in [5.74, 6) is -1.53. The smallest absolute Gasteiger partial charge is 0.295 e. The molecule has 1 saturated heterocycles. The molecule has 194 valence electrons. The van der Waals surface area contributed by atoms with Crippen LogP contribution in [0.1, 0.15) is 22.7 Å². The quantitative estimate of drug-likeness (QED) is 0.171. The first-order chi connectivity index (χ1) is 18.3. The Hall–Kier alpha value is -4.43. The summed E-state index contributed by atoms with van der Waals surface area (Å²) in [7, 11) is 2.85. The van der Waals surface area contributed by atoms with Gasteiger partial charge in [-0.05, 0) is 41.8 Å². The third-order valence-corrected chi connectivity index (χ3v) is 7.05. The fourth-order valence-corrected chi connectivity index (χ4v) is 5.16. The number of para-hydroxylation sites is 1. The Balaban J connectivity index is 1.62. The van der Waals surface area contributed by atoms with Crippen molar-refractivity contribution in [1.29, 1.82) is 0 Å². The first-order valence-corrected chi connectivity index (χ1v) is 12.3. The minimum atomic E-state index is -0.946. The van der Waals surface area contributed by atoms with E-state index in [1.54, 1.807) is 12.1 Å². The highest BCUT2D eigenvalue weighted by atomic mass is 35.5. The Labute approximate surface area is 223 Å². The lowest BCUT2D eigenvalue weighted by Gasteiger charge is -2.25. The second-order valence-electron chi connectivity index (χ2n) is 8.88. The van der Waals surface area contributed by atoms with Gasteiger partial charge in [0, 0.05) is 29.7 Å². The van der Waals surface area contributed by atoms with Crippen LogP contribution in [0.15, 0.2) is 72.4 Å². The summed E-state index contributed by atoms with van der Waals surface area (Å²) in [6, 6.07) is 16.1. The van der Waals surface area contributed by atoms with Crippen molar-refractivity contribution in [3.8, 4) is 17.2 Å². The number of methoxy groups -OCH3 is 2. The van der Waals surface area contributed by atoms with E-state index in [2.05, 4.69) is 4.98 Å². The summed E-state index contributed by atoms with van der Waals surface area (Å²) in [6.07, 6.45) is 2.35. The van der Waals surface area contributed by atoms with Crippen LogP contribution >= 0.6 is 11.6 Å². The molecule has 1 atom stereocenters. The van der Waals surface area contributed by atoms with Gasteiger partial charge in [0.1, 0.15) is 23.0 Å². The van der Waals surface area contributed by atoms with E-state index in [-0.39, 0.29) is 34.2 Å². The van der Waals surface area contributed by atoms with Crippen LogP contribution in [0.4, 0.5) is 0 Å². The molecule has 1 aliphatic rings. The fraction of sp³-hybridized carbons (Fsp3) is 0.172. The lowest BCUT2D eigenvalue weighted by molar-refractivity contribution is -0.139. The summed E-state index contributed by atoms with van der Waals surface area (Å²) in [5, 5.41) is 22.9. The largest absolute Gasteiger partial charge is 0.508 e. The number of carbonyl (C=O) groups is 2. The third kappa shape index (κ3) is 4.33. The lowest BCUT2D eigenvalue weighted by atomic mass is 9.94. The van der Waals surface area contributed by atoms with Gasteiger partial charge >= 0.3 is 0 Å². The number of hydrogen-bond acceptors (Lipinski definition) is 6. The van der Waals surface area contributed by atoms with Gasteiger partial charge in [-0.15, -0.1) is 0 Å². The van der Waals surface area contributed by atoms with Gasteiger partial charge in [0.05, 0.1) is 36.4 Å². The molecule has 1 fully saturated rings. The fourth-order valence-electron chi connectivity index (χ4n) is 4.92. The van der Waals surface area contributed by atoms with Gasteiger partial charge < -0.3 is 29.6 Å². The van der Waals surface area contributed by atoms with Crippen molar-refractivity contribution in [3.05, 3.63) is 94.1 Å². The standard InChI is InChI=1S/C29H25ClN2O6/c1-37-23-14-24(38-2)21(30)13-20(23)27(34)25-26(16-6-5-7-18(33)12-16)32(29(36)28(25)35)11-10-17-15-31-22-9-4-3-8-19(17)22/h3-9,12-15,26,31,33-34H,10-11H2,1-2H3/b27-25+. The van der Waals surface area contributed by atoms with Crippen molar-refractivity contribution < 1.29 is 29.3 Å². The molecule has 3 aromatic carbocycles. The molecule has 0 radical (unpaired) electrons. The molecule has 1 amide bonds. The number of ether oxygens (including phenoxy) is 2. The van der Waals surface area contributed by atoms with E-state index in [1.165, 1.54) is 43.4 Å². The first-order valence-electron chi connectivity index (χ1n) is 11.9. The molecule has 0 bridgehead atoms. The number of fused-ring (bicyclic) bond motifs is 1. The van der Waals surface area contributed by atoms with Crippen molar-refractivity contribution in [3.63, 3.8) is 0 Å². The molecule has 38 heavy (non-hydrogen) atoms. The molecule has 3 N–H and O–H groups in total. The van der Waals surface area contributed by atoms with E-state index in [9.17, 15) is 19.8 Å². The Bertz CT molecular complexity index is 1590. The number of aromatic nitrogens is 1. The number of H-pyrrole nitrogens is 1. The Kier molecular flexibility index (Phi) is 6.73. The predicted octanol–water partition coefficient (Wildman–Crippen LogP) is 5.21. The molecule has 0 aliphatic carbocycles. The van der Waals surface area contributed by atoms with Gasteiger partial charge in [-0.2, -0.15) is 0 Å². The summed E-state index contributed by atoms with van der Waals surface area (Å²) in [5.41, 5.74) is 2.44. The van der Waals surface area contributed by atoms with Crippen molar-refractivity contribution in [2.24, 2.45) is 0 Å². The first kappa shape index (κ1) is 25.2. The summed E-state index contributed by atoms with van der Waals surface area (Å²) in [4.78, 5) is 31.4. The number of benzene rings is 3. The van der Waals surface area contributed by atoms with E-state index >= 15 is 0 Å². The zero-order chi connectivity index (χ0) is 27.0. The molecule has 1 aliphatic heterocycles. The van der Waals surface area contributed by atoms with E-state index < -0.39 is 23.5 Å². The van der Waals surface area contributed by atoms with E-state index in [0.29, 0.717) is 17.7 Å². The van der Waals surface area contributed by atoms with Gasteiger partial charge in [-0.1, -0.05) is 41.9 Å². The van der Waals surface area contributed by atoms with Crippen LogP contribution in [0, 0.1) is 0 Å². The molecule has 0 saturated carbocycles. The number of Topliss-reactive ketones (excluding diaryl/α,β-unsaturated/α-hetero) is 1. The Morgan fingerprint density at radius 3 is 2.53 bits per heavy atom. The second-order valence-corrected chi connectivity index (χ2v) is 9.29. The number of phenolic OH excluding ortho intramolecular Hbond substituents is 1. The third-order valence-electron chi connectivity index (χ3n) is 6.75. The van der Waals surface area contributed by atoms with Crippen molar-refractivity contribution in [2.45, 2.75) is 12.5 Å². The number of aliphatic hydroxyl groups excluding tert-OH is 1. The molecular weight excluding hydrogens is 508 g/mol. The summed E-state index contributed by atoms with van der Waals surface area (Å²) >= 11 is 6.32. The number of nitrogens with one attached hydrogen (secondary N) is 1. The van der Waals surface area contributed by atoms with Gasteiger partial charge in [0.25, 0.3) is 11.7 Å². The molecule has 1 unspecified atom stereocenters. The van der Waals surface area contributed by atoms with Crippen LogP contribution in [-0.4, -0.2) is 52.6 Å². The zero-order valence-electron chi connectivity index (χ0n) is 20.7. The molecular formula is C29H25ClN2O6. The molecule has 4 aromatic rings. The van der Waals surface area contributed by atoms with Crippen molar-refractivity contribution in [2.75, 3.05) is 20.8 Å². The number of phenols is 1. The molecule has 8 nitrogen and oxygen atoms in total. The molecule has 0 spiro atoms. The average Bonchev–Trinajstić information content (AvgIpc) is 3.45. The Morgan fingerprint density at radius 2 is 1.79 bits per heavy atom. The minimum Gasteiger partial charge on any atom is -0.508 e. The highest BCUT2D eigenvalue weighted by Crippen LogP contribution is 2.43. The number of likely N-dealkylation sites (tertiary alicyclic amines) is 1. The van der Waals surface area contributed by atoms with Gasteiger partial charge in [0.2, 0.25) is 0 Å². The number of aromatic hydroxyl groups is 1. The van der Waals surface area contributed by atoms with E-state index in [1.807, 2.05) is 30.5 Å². The van der Waals surface area contributed by atoms with E-state index in [0.717, 1.165) is 16.5 Å². The van der Waals surface area contributed by atoms with Crippen LogP contribution in [-0.2, 0) is 16.0 Å². The highest BCUT2D eigenvalue weighted by molar-refractivity contribution is 6.46. The normalized spacial score (nSPS) is 16.8. The van der Waals surface area contributed by atoms with Crippen LogP contribution in [0.3, 0.4) is 0 Å². The SMILES string of the molecule is COc1cc(OC)c(/C(O)=C2\C(=O)C(=O)N(CCc3c[nH]c4ccccc34)C2c2cccc(O)c2)cc1Cl. The van der Waals surface area contributed by atoms with Gasteiger partial charge in [-0.25, -0.2) is 0 Å². The molecule has 9 heteroatoms. The second kappa shape index (κ2) is 10.1. The zero-order valence-corrected chi connectivity index (χ0v) is 21.5. The van der Waals surface area contributed by atoms with Gasteiger partial charge in [0.15, 0.2) is 0 Å². The number of aromatic amines is 1. The maximum Gasteiger partial charge on any atom is 0.295 e. The van der Waals surface area contributed by atoms with Crippen molar-refractivity contribution >= 4 is 40.0 Å².